The molecule has 0 unspecified atom stereocenters. The molecule has 0 saturated carbocycles. The molecule has 1 heterocycles. The molecule has 0 fully saturated rings. The minimum atomic E-state index is -3.40. The summed E-state index contributed by atoms with van der Waals surface area (Å²) in [6, 6.07) is 1.93. The van der Waals surface area contributed by atoms with Crippen LogP contribution in [0.1, 0.15) is 12.0 Å². The topological polar surface area (TPSA) is 66.6 Å². The van der Waals surface area contributed by atoms with Gasteiger partial charge in [-0.15, -0.1) is 11.3 Å². The Morgan fingerprint density at radius 2 is 2.06 bits per heavy atom. The lowest BCUT2D eigenvalue weighted by atomic mass is 10.3. The fourth-order valence-corrected chi connectivity index (χ4v) is 3.78. The first kappa shape index (κ1) is 16.1. The first-order valence-electron chi connectivity index (χ1n) is 5.48. The van der Waals surface area contributed by atoms with Gasteiger partial charge in [0, 0.05) is 27.2 Å². The summed E-state index contributed by atoms with van der Waals surface area (Å²) in [6.07, 6.45) is 0.660. The van der Waals surface area contributed by atoms with E-state index < -0.39 is 10.2 Å². The van der Waals surface area contributed by atoms with Crippen LogP contribution in [0.15, 0.2) is 15.2 Å². The summed E-state index contributed by atoms with van der Waals surface area (Å²) >= 11 is 4.91. The molecule has 104 valence electrons. The molecule has 0 aliphatic heterocycles. The van der Waals surface area contributed by atoms with E-state index in [-0.39, 0.29) is 0 Å². The maximum Gasteiger partial charge on any atom is 0.281 e. The lowest BCUT2D eigenvalue weighted by molar-refractivity contribution is 0.387. The van der Waals surface area contributed by atoms with Crippen molar-refractivity contribution in [1.29, 1.82) is 0 Å². The van der Waals surface area contributed by atoms with Gasteiger partial charge in [-0.05, 0) is 45.9 Å². The minimum Gasteiger partial charge on any atom is -0.330 e. The predicted octanol–water partition coefficient (Wildman–Crippen LogP) is 1.47. The summed E-state index contributed by atoms with van der Waals surface area (Å²) in [5.41, 5.74) is 6.36. The minimum absolute atomic E-state index is 0.372. The zero-order chi connectivity index (χ0) is 13.8. The zero-order valence-electron chi connectivity index (χ0n) is 10.5. The van der Waals surface area contributed by atoms with Crippen LogP contribution >= 0.6 is 27.3 Å². The molecule has 1 aromatic heterocycles. The van der Waals surface area contributed by atoms with Gasteiger partial charge >= 0.3 is 0 Å². The van der Waals surface area contributed by atoms with Crippen LogP contribution < -0.4 is 5.73 Å². The number of halogens is 1. The van der Waals surface area contributed by atoms with E-state index in [2.05, 4.69) is 15.9 Å². The van der Waals surface area contributed by atoms with Crippen LogP contribution in [0, 0.1) is 0 Å². The zero-order valence-corrected chi connectivity index (χ0v) is 13.7. The monoisotopic (exact) mass is 355 g/mol. The Kier molecular flexibility index (Phi) is 6.22. The van der Waals surface area contributed by atoms with Gasteiger partial charge in [0.1, 0.15) is 0 Å². The summed E-state index contributed by atoms with van der Waals surface area (Å²) in [5, 5.41) is 1.94. The Hall–Kier alpha value is 0.01000. The SMILES string of the molecule is CN(CCCN)S(=O)(=O)N(C)Cc1csc(Br)c1. The van der Waals surface area contributed by atoms with Gasteiger partial charge in [0.25, 0.3) is 10.2 Å². The van der Waals surface area contributed by atoms with E-state index in [9.17, 15) is 8.42 Å². The number of hydrogen-bond acceptors (Lipinski definition) is 4. The molecular formula is C10H18BrN3O2S2. The van der Waals surface area contributed by atoms with Crippen molar-refractivity contribution in [1.82, 2.24) is 8.61 Å². The van der Waals surface area contributed by atoms with Crippen LogP contribution in [0.3, 0.4) is 0 Å². The summed E-state index contributed by atoms with van der Waals surface area (Å²) < 4.78 is 28.0. The van der Waals surface area contributed by atoms with Crippen molar-refractivity contribution in [3.8, 4) is 0 Å². The van der Waals surface area contributed by atoms with Crippen molar-refractivity contribution in [2.45, 2.75) is 13.0 Å². The Morgan fingerprint density at radius 1 is 1.39 bits per heavy atom. The van der Waals surface area contributed by atoms with Crippen LogP contribution in [0.5, 0.6) is 0 Å². The highest BCUT2D eigenvalue weighted by Crippen LogP contribution is 2.22. The van der Waals surface area contributed by atoms with E-state index in [0.29, 0.717) is 26.1 Å². The van der Waals surface area contributed by atoms with Gasteiger partial charge in [0.05, 0.1) is 3.79 Å². The molecule has 0 aliphatic rings. The Bertz CT molecular complexity index is 475. The molecule has 1 rings (SSSR count). The Morgan fingerprint density at radius 3 is 2.56 bits per heavy atom. The van der Waals surface area contributed by atoms with E-state index in [1.165, 1.54) is 8.61 Å². The highest BCUT2D eigenvalue weighted by Gasteiger charge is 2.23. The molecule has 0 saturated heterocycles. The standard InChI is InChI=1S/C10H18BrN3O2S2/c1-13(5-3-4-12)18(15,16)14(2)7-9-6-10(11)17-8-9/h6,8H,3-5,7,12H2,1-2H3. The predicted molar refractivity (Wildman–Crippen MR) is 78.7 cm³/mol. The van der Waals surface area contributed by atoms with Gasteiger partial charge < -0.3 is 5.73 Å². The van der Waals surface area contributed by atoms with Crippen molar-refractivity contribution in [3.63, 3.8) is 0 Å². The molecule has 1 aromatic rings. The van der Waals surface area contributed by atoms with Crippen LogP contribution in [0.25, 0.3) is 0 Å². The third kappa shape index (κ3) is 4.29. The molecule has 5 nitrogen and oxygen atoms in total. The highest BCUT2D eigenvalue weighted by molar-refractivity contribution is 9.11. The smallest absolute Gasteiger partial charge is 0.281 e. The third-order valence-corrected chi connectivity index (χ3v) is 5.93. The Labute approximate surface area is 121 Å². The average molecular weight is 356 g/mol. The lowest BCUT2D eigenvalue weighted by Gasteiger charge is -2.23. The number of nitrogens with zero attached hydrogens (tertiary/aromatic N) is 2. The lowest BCUT2D eigenvalue weighted by Crippen LogP contribution is -2.40. The quantitative estimate of drug-likeness (QED) is 0.805. The molecule has 0 amide bonds. The fourth-order valence-electron chi connectivity index (χ4n) is 1.43. The summed E-state index contributed by atoms with van der Waals surface area (Å²) in [4.78, 5) is 0. The van der Waals surface area contributed by atoms with Gasteiger partial charge in [0.2, 0.25) is 0 Å². The van der Waals surface area contributed by atoms with Gasteiger partial charge in [-0.1, -0.05) is 0 Å². The largest absolute Gasteiger partial charge is 0.330 e. The molecule has 0 bridgehead atoms. The summed E-state index contributed by atoms with van der Waals surface area (Å²) in [5.74, 6) is 0. The van der Waals surface area contributed by atoms with E-state index in [1.54, 1.807) is 25.4 Å². The van der Waals surface area contributed by atoms with Gasteiger partial charge in [-0.25, -0.2) is 0 Å². The average Bonchev–Trinajstić information content (AvgIpc) is 2.71. The second kappa shape index (κ2) is 6.97. The van der Waals surface area contributed by atoms with E-state index >= 15 is 0 Å². The van der Waals surface area contributed by atoms with Crippen molar-refractivity contribution in [3.05, 3.63) is 20.8 Å². The molecule has 18 heavy (non-hydrogen) atoms. The molecular weight excluding hydrogens is 338 g/mol. The normalized spacial score (nSPS) is 12.6. The van der Waals surface area contributed by atoms with Crippen LogP contribution in [0.4, 0.5) is 0 Å². The van der Waals surface area contributed by atoms with Crippen molar-refractivity contribution < 1.29 is 8.42 Å². The maximum absolute atomic E-state index is 12.2. The summed E-state index contributed by atoms with van der Waals surface area (Å²) in [7, 11) is -0.242. The van der Waals surface area contributed by atoms with Crippen LogP contribution in [0.2, 0.25) is 0 Å². The van der Waals surface area contributed by atoms with E-state index in [0.717, 1.165) is 9.35 Å². The second-order valence-electron chi connectivity index (χ2n) is 3.99. The molecule has 0 spiro atoms. The molecule has 0 atom stereocenters. The number of rotatable bonds is 7. The molecule has 2 N–H and O–H groups in total. The second-order valence-corrected chi connectivity index (χ2v) is 8.42. The molecule has 0 aromatic carbocycles. The maximum atomic E-state index is 12.2. The van der Waals surface area contributed by atoms with E-state index in [4.69, 9.17) is 5.73 Å². The van der Waals surface area contributed by atoms with E-state index in [1.807, 2.05) is 11.4 Å². The van der Waals surface area contributed by atoms with Gasteiger partial charge in [-0.2, -0.15) is 17.0 Å². The number of nitrogens with two attached hydrogens (primary N) is 1. The van der Waals surface area contributed by atoms with Crippen LogP contribution in [-0.2, 0) is 16.8 Å². The van der Waals surface area contributed by atoms with Crippen LogP contribution in [-0.4, -0.2) is 44.2 Å². The van der Waals surface area contributed by atoms with Crippen molar-refractivity contribution >= 4 is 37.5 Å². The first-order valence-corrected chi connectivity index (χ1v) is 8.55. The van der Waals surface area contributed by atoms with Crippen molar-refractivity contribution in [2.75, 3.05) is 27.2 Å². The fraction of sp³-hybridized carbons (Fsp3) is 0.600. The number of hydrogen-bond donors (Lipinski definition) is 1. The molecule has 8 heteroatoms. The van der Waals surface area contributed by atoms with Crippen molar-refractivity contribution in [2.24, 2.45) is 5.73 Å². The Balaban J connectivity index is 2.66. The van der Waals surface area contributed by atoms with Gasteiger partial charge in [0.15, 0.2) is 0 Å². The first-order chi connectivity index (χ1) is 8.37. The number of thiophene rings is 1. The molecule has 0 radical (unpaired) electrons. The van der Waals surface area contributed by atoms with Gasteiger partial charge in [-0.3, -0.25) is 0 Å². The molecule has 0 aliphatic carbocycles. The summed E-state index contributed by atoms with van der Waals surface area (Å²) in [6.45, 7) is 1.30. The highest BCUT2D eigenvalue weighted by atomic mass is 79.9. The third-order valence-electron chi connectivity index (χ3n) is 2.49.